The van der Waals surface area contributed by atoms with E-state index in [-0.39, 0.29) is 16.3 Å². The molecule has 3 aromatic rings. The number of nitrogens with one attached hydrogen (secondary N) is 2. The molecule has 0 heterocycles. The Morgan fingerprint density at radius 1 is 0.882 bits per heavy atom. The number of sulfonamides is 1. The summed E-state index contributed by atoms with van der Waals surface area (Å²) in [5.74, 6) is 0.721. The summed E-state index contributed by atoms with van der Waals surface area (Å²) in [6.07, 6.45) is 0.128. The highest BCUT2D eigenvalue weighted by Crippen LogP contribution is 2.30. The number of benzene rings is 3. The van der Waals surface area contributed by atoms with Crippen molar-refractivity contribution in [2.24, 2.45) is 0 Å². The summed E-state index contributed by atoms with van der Waals surface area (Å²) in [5.41, 5.74) is 1.21. The van der Waals surface area contributed by atoms with E-state index in [0.717, 1.165) is 5.56 Å². The Bertz CT molecular complexity index is 1250. The van der Waals surface area contributed by atoms with Crippen molar-refractivity contribution in [3.05, 3.63) is 77.3 Å². The van der Waals surface area contributed by atoms with E-state index in [2.05, 4.69) is 10.0 Å². The fraction of sp³-hybridized carbons (Fsp3) is 0.208. The zero-order valence-electron chi connectivity index (χ0n) is 18.9. The Balaban J connectivity index is 1.89. The molecule has 0 fully saturated rings. The number of carbonyl (C=O) groups is 1. The summed E-state index contributed by atoms with van der Waals surface area (Å²) in [5, 5.41) is 2.88. The molecule has 0 aliphatic rings. The number of rotatable bonds is 10. The molecule has 0 spiro atoms. The molecule has 0 radical (unpaired) electrons. The molecule has 1 unspecified atom stereocenters. The maximum atomic E-state index is 13.2. The van der Waals surface area contributed by atoms with Gasteiger partial charge in [-0.15, -0.1) is 0 Å². The smallest absolute Gasteiger partial charge is 0.242 e. The third-order valence-electron chi connectivity index (χ3n) is 4.98. The van der Waals surface area contributed by atoms with Gasteiger partial charge in [0.25, 0.3) is 0 Å². The molecular formula is C24H25ClN2O6S. The van der Waals surface area contributed by atoms with Crippen LogP contribution in [0.1, 0.15) is 5.56 Å². The van der Waals surface area contributed by atoms with Gasteiger partial charge in [0.1, 0.15) is 11.8 Å². The van der Waals surface area contributed by atoms with Gasteiger partial charge in [0, 0.05) is 11.8 Å². The summed E-state index contributed by atoms with van der Waals surface area (Å²) >= 11 is 6.11. The molecule has 0 aliphatic heterocycles. The minimum Gasteiger partial charge on any atom is -0.495 e. The van der Waals surface area contributed by atoms with Gasteiger partial charge in [0.15, 0.2) is 11.5 Å². The molecule has 8 nitrogen and oxygen atoms in total. The molecule has 3 rings (SSSR count). The van der Waals surface area contributed by atoms with E-state index in [0.29, 0.717) is 22.9 Å². The van der Waals surface area contributed by atoms with Crippen molar-refractivity contribution < 1.29 is 27.4 Å². The first-order valence-corrected chi connectivity index (χ1v) is 12.1. The second-order valence-corrected chi connectivity index (χ2v) is 9.34. The lowest BCUT2D eigenvalue weighted by Gasteiger charge is -2.19. The van der Waals surface area contributed by atoms with Gasteiger partial charge in [0.05, 0.1) is 31.2 Å². The van der Waals surface area contributed by atoms with Crippen LogP contribution in [-0.4, -0.2) is 41.7 Å². The fourth-order valence-electron chi connectivity index (χ4n) is 3.25. The molecule has 3 aromatic carbocycles. The average molecular weight is 505 g/mol. The van der Waals surface area contributed by atoms with Crippen LogP contribution >= 0.6 is 11.6 Å². The number of hydrogen-bond acceptors (Lipinski definition) is 6. The Labute approximate surface area is 203 Å². The lowest BCUT2D eigenvalue weighted by molar-refractivity contribution is -0.117. The van der Waals surface area contributed by atoms with Crippen LogP contribution in [-0.2, 0) is 21.2 Å². The molecular weight excluding hydrogens is 480 g/mol. The molecule has 1 atom stereocenters. The quantitative estimate of drug-likeness (QED) is 0.434. The van der Waals surface area contributed by atoms with Gasteiger partial charge in [-0.3, -0.25) is 4.79 Å². The van der Waals surface area contributed by atoms with Crippen molar-refractivity contribution >= 4 is 33.2 Å². The van der Waals surface area contributed by atoms with E-state index in [1.54, 1.807) is 18.2 Å². The summed E-state index contributed by atoms with van der Waals surface area (Å²) in [6, 6.07) is 16.9. The van der Waals surface area contributed by atoms with E-state index in [4.69, 9.17) is 25.8 Å². The van der Waals surface area contributed by atoms with Gasteiger partial charge in [-0.25, -0.2) is 8.42 Å². The molecule has 10 heteroatoms. The first-order chi connectivity index (χ1) is 16.3. The number of carbonyl (C=O) groups excluding carboxylic acids is 1. The molecule has 0 aliphatic carbocycles. The van der Waals surface area contributed by atoms with Crippen molar-refractivity contribution in [1.82, 2.24) is 4.72 Å². The topological polar surface area (TPSA) is 103 Å². The first kappa shape index (κ1) is 25.4. The number of methoxy groups -OCH3 is 3. The van der Waals surface area contributed by atoms with Crippen LogP contribution in [0.15, 0.2) is 71.6 Å². The van der Waals surface area contributed by atoms with E-state index >= 15 is 0 Å². The standard InChI is InChI=1S/C24H25ClN2O6S/c1-31-21-12-10-18(15-19(21)25)34(29,30)27-20(13-16-7-5-4-6-8-16)24(28)26-17-9-11-22(32-2)23(14-17)33-3/h4-12,14-15,20,27H,13H2,1-3H3,(H,26,28). The normalized spacial score (nSPS) is 12.0. The molecule has 0 aromatic heterocycles. The van der Waals surface area contributed by atoms with Crippen LogP contribution in [0.3, 0.4) is 0 Å². The molecule has 0 saturated heterocycles. The fourth-order valence-corrected chi connectivity index (χ4v) is 4.79. The number of hydrogen-bond donors (Lipinski definition) is 2. The monoisotopic (exact) mass is 504 g/mol. The summed E-state index contributed by atoms with van der Waals surface area (Å²) in [4.78, 5) is 13.1. The minimum atomic E-state index is -4.08. The Kier molecular flexibility index (Phi) is 8.38. The Hall–Kier alpha value is -3.27. The van der Waals surface area contributed by atoms with Crippen molar-refractivity contribution in [3.8, 4) is 17.2 Å². The van der Waals surface area contributed by atoms with Gasteiger partial charge in [-0.1, -0.05) is 41.9 Å². The summed E-state index contributed by atoms with van der Waals surface area (Å²) < 4.78 is 44.3. The molecule has 34 heavy (non-hydrogen) atoms. The average Bonchev–Trinajstić information content (AvgIpc) is 2.84. The molecule has 180 valence electrons. The van der Waals surface area contributed by atoms with Crippen LogP contribution in [0.25, 0.3) is 0 Å². The molecule has 1 amide bonds. The first-order valence-electron chi connectivity index (χ1n) is 10.2. The number of halogens is 1. The van der Waals surface area contributed by atoms with Crippen LogP contribution in [0.2, 0.25) is 5.02 Å². The highest BCUT2D eigenvalue weighted by molar-refractivity contribution is 7.89. The van der Waals surface area contributed by atoms with Gasteiger partial charge in [-0.2, -0.15) is 4.72 Å². The third-order valence-corrected chi connectivity index (χ3v) is 6.75. The second-order valence-electron chi connectivity index (χ2n) is 7.22. The number of ether oxygens (including phenoxy) is 3. The summed E-state index contributed by atoms with van der Waals surface area (Å²) in [7, 11) is 0.337. The predicted molar refractivity (Wildman–Crippen MR) is 130 cm³/mol. The van der Waals surface area contributed by atoms with Crippen LogP contribution < -0.4 is 24.2 Å². The highest BCUT2D eigenvalue weighted by Gasteiger charge is 2.27. The molecule has 2 N–H and O–H groups in total. The predicted octanol–water partition coefficient (Wildman–Crippen LogP) is 3.89. The van der Waals surface area contributed by atoms with E-state index in [1.807, 2.05) is 30.3 Å². The van der Waals surface area contributed by atoms with E-state index in [9.17, 15) is 13.2 Å². The van der Waals surface area contributed by atoms with Crippen LogP contribution in [0.4, 0.5) is 5.69 Å². The maximum absolute atomic E-state index is 13.2. The lowest BCUT2D eigenvalue weighted by atomic mass is 10.1. The maximum Gasteiger partial charge on any atom is 0.242 e. The molecule has 0 bridgehead atoms. The van der Waals surface area contributed by atoms with Gasteiger partial charge in [0.2, 0.25) is 15.9 Å². The van der Waals surface area contributed by atoms with Gasteiger partial charge < -0.3 is 19.5 Å². The lowest BCUT2D eigenvalue weighted by Crippen LogP contribution is -2.45. The van der Waals surface area contributed by atoms with E-state index in [1.165, 1.54) is 39.5 Å². The minimum absolute atomic E-state index is 0.0877. The second kappa shape index (κ2) is 11.2. The Morgan fingerprint density at radius 3 is 2.15 bits per heavy atom. The van der Waals surface area contributed by atoms with Crippen molar-refractivity contribution in [2.45, 2.75) is 17.4 Å². The zero-order valence-corrected chi connectivity index (χ0v) is 20.4. The third kappa shape index (κ3) is 6.19. The number of anilines is 1. The summed E-state index contributed by atoms with van der Waals surface area (Å²) in [6.45, 7) is 0. The zero-order chi connectivity index (χ0) is 24.7. The van der Waals surface area contributed by atoms with Crippen molar-refractivity contribution in [1.29, 1.82) is 0 Å². The van der Waals surface area contributed by atoms with Crippen LogP contribution in [0.5, 0.6) is 17.2 Å². The van der Waals surface area contributed by atoms with Gasteiger partial charge in [-0.05, 0) is 42.3 Å². The van der Waals surface area contributed by atoms with Crippen molar-refractivity contribution in [2.75, 3.05) is 26.6 Å². The highest BCUT2D eigenvalue weighted by atomic mass is 35.5. The molecule has 0 saturated carbocycles. The number of amides is 1. The van der Waals surface area contributed by atoms with Crippen molar-refractivity contribution in [3.63, 3.8) is 0 Å². The largest absolute Gasteiger partial charge is 0.495 e. The van der Waals surface area contributed by atoms with Crippen LogP contribution in [0, 0.1) is 0 Å². The Morgan fingerprint density at radius 2 is 1.53 bits per heavy atom. The van der Waals surface area contributed by atoms with E-state index < -0.39 is 22.0 Å². The SMILES string of the molecule is COc1ccc(S(=O)(=O)NC(Cc2ccccc2)C(=O)Nc2ccc(OC)c(OC)c2)cc1Cl. The van der Waals surface area contributed by atoms with Gasteiger partial charge >= 0.3 is 0 Å².